The number of rotatable bonds is 5. The lowest BCUT2D eigenvalue weighted by atomic mass is 10.1. The van der Waals surface area contributed by atoms with Crippen LogP contribution in [0.2, 0.25) is 0 Å². The van der Waals surface area contributed by atoms with Crippen molar-refractivity contribution in [3.05, 3.63) is 17.5 Å². The summed E-state index contributed by atoms with van der Waals surface area (Å²) >= 11 is 0. The average molecular weight is 209 g/mol. The Kier molecular flexibility index (Phi) is 4.03. The van der Waals surface area contributed by atoms with Crippen molar-refractivity contribution >= 4 is 5.78 Å². The zero-order valence-electron chi connectivity index (χ0n) is 9.66. The maximum absolute atomic E-state index is 11.6. The minimum atomic E-state index is -0.00757. The van der Waals surface area contributed by atoms with Gasteiger partial charge in [-0.15, -0.1) is 0 Å². The fourth-order valence-electron chi connectivity index (χ4n) is 1.54. The van der Waals surface area contributed by atoms with Gasteiger partial charge in [-0.3, -0.25) is 9.48 Å². The maximum Gasteiger partial charge on any atom is 0.140 e. The van der Waals surface area contributed by atoms with E-state index in [9.17, 15) is 4.79 Å². The summed E-state index contributed by atoms with van der Waals surface area (Å²) in [6.45, 7) is 3.91. The van der Waals surface area contributed by atoms with Crippen LogP contribution >= 0.6 is 0 Å². The average Bonchev–Trinajstić information content (AvgIpc) is 2.44. The van der Waals surface area contributed by atoms with Crippen molar-refractivity contribution < 1.29 is 4.79 Å². The largest absolute Gasteiger partial charge is 0.327 e. The molecule has 1 rings (SSSR count). The molecule has 1 heterocycles. The van der Waals surface area contributed by atoms with Crippen LogP contribution < -0.4 is 5.73 Å². The molecule has 0 spiro atoms. The van der Waals surface area contributed by atoms with Crippen molar-refractivity contribution in [2.45, 2.75) is 39.2 Å². The summed E-state index contributed by atoms with van der Waals surface area (Å²) in [5.41, 5.74) is 7.63. The van der Waals surface area contributed by atoms with Crippen molar-refractivity contribution in [3.63, 3.8) is 0 Å². The summed E-state index contributed by atoms with van der Waals surface area (Å²) in [7, 11) is 1.86. The van der Waals surface area contributed by atoms with Gasteiger partial charge >= 0.3 is 0 Å². The maximum atomic E-state index is 11.6. The Morgan fingerprint density at radius 1 is 1.67 bits per heavy atom. The van der Waals surface area contributed by atoms with Gasteiger partial charge in [-0.05, 0) is 19.4 Å². The van der Waals surface area contributed by atoms with Crippen molar-refractivity contribution in [2.75, 3.05) is 0 Å². The molecule has 0 aliphatic heterocycles. The molecule has 1 atom stereocenters. The highest BCUT2D eigenvalue weighted by Crippen LogP contribution is 2.06. The zero-order chi connectivity index (χ0) is 11.4. The number of hydrogen-bond acceptors (Lipinski definition) is 3. The number of aromatic nitrogens is 2. The van der Waals surface area contributed by atoms with Crippen LogP contribution in [0.15, 0.2) is 6.07 Å². The molecule has 0 amide bonds. The number of ketones is 1. The van der Waals surface area contributed by atoms with Gasteiger partial charge in [-0.2, -0.15) is 5.10 Å². The van der Waals surface area contributed by atoms with E-state index in [0.717, 1.165) is 17.8 Å². The summed E-state index contributed by atoms with van der Waals surface area (Å²) in [5.74, 6) is 0.187. The molecule has 84 valence electrons. The summed E-state index contributed by atoms with van der Waals surface area (Å²) in [4.78, 5) is 11.6. The second-order valence-corrected chi connectivity index (χ2v) is 3.99. The first-order chi connectivity index (χ1) is 7.02. The van der Waals surface area contributed by atoms with Crippen molar-refractivity contribution in [1.29, 1.82) is 0 Å². The number of nitrogens with two attached hydrogens (primary N) is 1. The molecule has 1 unspecified atom stereocenters. The molecule has 1 aromatic rings. The fourth-order valence-corrected chi connectivity index (χ4v) is 1.54. The standard InChI is InChI=1S/C11H19N3O/c1-4-9(12)6-11(15)7-10-5-8(2)13-14(10)3/h5,9H,4,6-7,12H2,1-3H3. The molecule has 2 N–H and O–H groups in total. The molecule has 0 aromatic carbocycles. The quantitative estimate of drug-likeness (QED) is 0.786. The molecular formula is C11H19N3O. The van der Waals surface area contributed by atoms with E-state index in [1.807, 2.05) is 27.0 Å². The van der Waals surface area contributed by atoms with Gasteiger partial charge in [-0.1, -0.05) is 6.92 Å². The highest BCUT2D eigenvalue weighted by atomic mass is 16.1. The number of carbonyl (C=O) groups excluding carboxylic acids is 1. The Balaban J connectivity index is 2.55. The smallest absolute Gasteiger partial charge is 0.140 e. The predicted molar refractivity (Wildman–Crippen MR) is 59.5 cm³/mol. The Morgan fingerprint density at radius 2 is 2.33 bits per heavy atom. The van der Waals surface area contributed by atoms with E-state index in [-0.39, 0.29) is 11.8 Å². The molecular weight excluding hydrogens is 190 g/mol. The van der Waals surface area contributed by atoms with Gasteiger partial charge < -0.3 is 5.73 Å². The molecule has 4 heteroatoms. The van der Waals surface area contributed by atoms with E-state index in [4.69, 9.17) is 5.73 Å². The van der Waals surface area contributed by atoms with Gasteiger partial charge in [0.1, 0.15) is 5.78 Å². The first kappa shape index (κ1) is 11.9. The third kappa shape index (κ3) is 3.47. The third-order valence-electron chi connectivity index (χ3n) is 2.49. The summed E-state index contributed by atoms with van der Waals surface area (Å²) in [6.07, 6.45) is 1.74. The highest BCUT2D eigenvalue weighted by molar-refractivity contribution is 5.81. The van der Waals surface area contributed by atoms with Gasteiger partial charge in [0.2, 0.25) is 0 Å². The SMILES string of the molecule is CCC(N)CC(=O)Cc1cc(C)nn1C. The van der Waals surface area contributed by atoms with Crippen LogP contribution in [0.25, 0.3) is 0 Å². The Labute approximate surface area is 90.5 Å². The van der Waals surface area contributed by atoms with Gasteiger partial charge in [0, 0.05) is 31.6 Å². The molecule has 0 bridgehead atoms. The van der Waals surface area contributed by atoms with Crippen LogP contribution in [-0.2, 0) is 18.3 Å². The Morgan fingerprint density at radius 3 is 2.80 bits per heavy atom. The van der Waals surface area contributed by atoms with Crippen molar-refractivity contribution in [1.82, 2.24) is 9.78 Å². The molecule has 15 heavy (non-hydrogen) atoms. The number of Topliss-reactive ketones (excluding diaryl/α,β-unsaturated/α-hetero) is 1. The minimum absolute atomic E-state index is 0.00757. The third-order valence-corrected chi connectivity index (χ3v) is 2.49. The second kappa shape index (κ2) is 5.07. The highest BCUT2D eigenvalue weighted by Gasteiger charge is 2.11. The number of aryl methyl sites for hydroxylation is 2. The minimum Gasteiger partial charge on any atom is -0.327 e. The number of hydrogen-bond donors (Lipinski definition) is 1. The molecule has 4 nitrogen and oxygen atoms in total. The van der Waals surface area contributed by atoms with Crippen LogP contribution in [-0.4, -0.2) is 21.6 Å². The van der Waals surface area contributed by atoms with Crippen LogP contribution in [0.1, 0.15) is 31.2 Å². The van der Waals surface area contributed by atoms with Crippen molar-refractivity contribution in [2.24, 2.45) is 12.8 Å². The lowest BCUT2D eigenvalue weighted by Gasteiger charge is -2.07. The molecule has 0 aliphatic rings. The zero-order valence-corrected chi connectivity index (χ0v) is 9.66. The van der Waals surface area contributed by atoms with Gasteiger partial charge in [-0.25, -0.2) is 0 Å². The van der Waals surface area contributed by atoms with Crippen LogP contribution in [0.3, 0.4) is 0 Å². The fraction of sp³-hybridized carbons (Fsp3) is 0.636. The summed E-state index contributed by atoms with van der Waals surface area (Å²) in [6, 6.07) is 1.93. The Hall–Kier alpha value is -1.16. The van der Waals surface area contributed by atoms with E-state index in [1.165, 1.54) is 0 Å². The Bertz CT molecular complexity index is 344. The first-order valence-corrected chi connectivity index (χ1v) is 5.29. The van der Waals surface area contributed by atoms with E-state index < -0.39 is 0 Å². The topological polar surface area (TPSA) is 60.9 Å². The van der Waals surface area contributed by atoms with Gasteiger partial charge in [0.25, 0.3) is 0 Å². The van der Waals surface area contributed by atoms with E-state index in [0.29, 0.717) is 12.8 Å². The van der Waals surface area contributed by atoms with Crippen LogP contribution in [0.4, 0.5) is 0 Å². The van der Waals surface area contributed by atoms with Crippen molar-refractivity contribution in [3.8, 4) is 0 Å². The lowest BCUT2D eigenvalue weighted by molar-refractivity contribution is -0.118. The first-order valence-electron chi connectivity index (χ1n) is 5.29. The van der Waals surface area contributed by atoms with Gasteiger partial charge in [0.15, 0.2) is 0 Å². The van der Waals surface area contributed by atoms with E-state index >= 15 is 0 Å². The normalized spacial score (nSPS) is 12.8. The number of carbonyl (C=O) groups is 1. The summed E-state index contributed by atoms with van der Waals surface area (Å²) in [5, 5.41) is 4.20. The lowest BCUT2D eigenvalue weighted by Crippen LogP contribution is -2.23. The molecule has 0 saturated carbocycles. The molecule has 0 fully saturated rings. The second-order valence-electron chi connectivity index (χ2n) is 3.99. The number of nitrogens with zero attached hydrogens (tertiary/aromatic N) is 2. The molecule has 0 radical (unpaired) electrons. The molecule has 0 saturated heterocycles. The van der Waals surface area contributed by atoms with E-state index in [1.54, 1.807) is 4.68 Å². The van der Waals surface area contributed by atoms with Gasteiger partial charge in [0.05, 0.1) is 5.69 Å². The van der Waals surface area contributed by atoms with Crippen LogP contribution in [0, 0.1) is 6.92 Å². The molecule has 1 aromatic heterocycles. The predicted octanol–water partition coefficient (Wildman–Crippen LogP) is 0.968. The monoisotopic (exact) mass is 209 g/mol. The molecule has 0 aliphatic carbocycles. The summed E-state index contributed by atoms with van der Waals surface area (Å²) < 4.78 is 1.75. The van der Waals surface area contributed by atoms with Crippen LogP contribution in [0.5, 0.6) is 0 Å². The van der Waals surface area contributed by atoms with E-state index in [2.05, 4.69) is 5.10 Å².